The Morgan fingerprint density at radius 2 is 1.81 bits per heavy atom. The maximum Gasteiger partial charge on any atom is 0.306 e. The Hall–Kier alpha value is -1.84. The lowest BCUT2D eigenvalue weighted by Crippen LogP contribution is -2.43. The number of hydrogen-bond donors (Lipinski definition) is 1. The van der Waals surface area contributed by atoms with Gasteiger partial charge in [-0.2, -0.15) is 0 Å². The molecular formula is C17H23NO3. The van der Waals surface area contributed by atoms with E-state index in [0.29, 0.717) is 25.9 Å². The van der Waals surface area contributed by atoms with Crippen molar-refractivity contribution in [1.29, 1.82) is 0 Å². The summed E-state index contributed by atoms with van der Waals surface area (Å²) in [4.78, 5) is 25.2. The molecule has 1 aromatic rings. The largest absolute Gasteiger partial charge is 0.481 e. The Morgan fingerprint density at radius 3 is 2.33 bits per heavy atom. The molecule has 1 heterocycles. The zero-order valence-electron chi connectivity index (χ0n) is 12.7. The molecule has 4 heteroatoms. The van der Waals surface area contributed by atoms with Crippen LogP contribution < -0.4 is 0 Å². The highest BCUT2D eigenvalue weighted by atomic mass is 16.4. The average Bonchev–Trinajstić information content (AvgIpc) is 2.49. The van der Waals surface area contributed by atoms with Crippen LogP contribution in [0.4, 0.5) is 0 Å². The van der Waals surface area contributed by atoms with E-state index in [0.717, 1.165) is 6.42 Å². The van der Waals surface area contributed by atoms with Gasteiger partial charge in [0.15, 0.2) is 0 Å². The van der Waals surface area contributed by atoms with Crippen molar-refractivity contribution < 1.29 is 14.7 Å². The first kappa shape index (κ1) is 15.5. The molecule has 0 aliphatic carbocycles. The summed E-state index contributed by atoms with van der Waals surface area (Å²) in [5.74, 6) is -0.954. The summed E-state index contributed by atoms with van der Waals surface area (Å²) < 4.78 is 0. The maximum atomic E-state index is 12.4. The number of piperidine rings is 1. The van der Waals surface area contributed by atoms with Gasteiger partial charge in [-0.1, -0.05) is 36.8 Å². The number of benzene rings is 1. The quantitative estimate of drug-likeness (QED) is 0.926. The number of carboxylic acids is 1. The van der Waals surface area contributed by atoms with Crippen LogP contribution in [0.15, 0.2) is 24.3 Å². The molecule has 1 unspecified atom stereocenters. The molecule has 0 radical (unpaired) electrons. The fourth-order valence-corrected chi connectivity index (χ4v) is 2.82. The van der Waals surface area contributed by atoms with Gasteiger partial charge >= 0.3 is 5.97 Å². The third kappa shape index (κ3) is 4.06. The predicted molar refractivity (Wildman–Crippen MR) is 81.0 cm³/mol. The molecule has 1 amide bonds. The van der Waals surface area contributed by atoms with Gasteiger partial charge in [-0.05, 0) is 31.7 Å². The number of aryl methyl sites for hydroxylation is 1. The fraction of sp³-hybridized carbons (Fsp3) is 0.529. The first-order valence-corrected chi connectivity index (χ1v) is 7.54. The Balaban J connectivity index is 1.88. The lowest BCUT2D eigenvalue weighted by atomic mass is 9.94. The molecule has 0 bridgehead atoms. The standard InChI is InChI=1S/C17H23NO3/c1-12-3-5-14(6-4-12)11-13(2)16(19)18-9-7-15(8-10-18)17(20)21/h3-6,13,15H,7-11H2,1-2H3,(H,20,21). The van der Waals surface area contributed by atoms with Crippen molar-refractivity contribution in [2.45, 2.75) is 33.1 Å². The number of carboxylic acid groups (broad SMARTS) is 1. The number of carbonyl (C=O) groups is 2. The van der Waals surface area contributed by atoms with E-state index in [1.165, 1.54) is 11.1 Å². The second-order valence-corrected chi connectivity index (χ2v) is 6.03. The van der Waals surface area contributed by atoms with Crippen molar-refractivity contribution in [1.82, 2.24) is 4.90 Å². The van der Waals surface area contributed by atoms with Crippen molar-refractivity contribution in [2.24, 2.45) is 11.8 Å². The van der Waals surface area contributed by atoms with Crippen molar-refractivity contribution in [3.63, 3.8) is 0 Å². The zero-order chi connectivity index (χ0) is 15.4. The number of nitrogens with zero attached hydrogens (tertiary/aromatic N) is 1. The number of rotatable bonds is 4. The van der Waals surface area contributed by atoms with Crippen molar-refractivity contribution in [2.75, 3.05) is 13.1 Å². The molecule has 1 N–H and O–H groups in total. The van der Waals surface area contributed by atoms with Crippen LogP contribution >= 0.6 is 0 Å². The number of hydrogen-bond acceptors (Lipinski definition) is 2. The molecule has 4 nitrogen and oxygen atoms in total. The number of aliphatic carboxylic acids is 1. The minimum atomic E-state index is -0.741. The van der Waals surface area contributed by atoms with Crippen LogP contribution in [0.5, 0.6) is 0 Å². The molecule has 0 spiro atoms. The van der Waals surface area contributed by atoms with Gasteiger partial charge in [-0.15, -0.1) is 0 Å². The molecule has 114 valence electrons. The Bertz CT molecular complexity index is 501. The average molecular weight is 289 g/mol. The van der Waals surface area contributed by atoms with Gasteiger partial charge in [0.05, 0.1) is 5.92 Å². The van der Waals surface area contributed by atoms with Gasteiger partial charge in [-0.25, -0.2) is 0 Å². The molecule has 1 aliphatic heterocycles. The van der Waals surface area contributed by atoms with Crippen LogP contribution in [-0.2, 0) is 16.0 Å². The van der Waals surface area contributed by atoms with Gasteiger partial charge in [-0.3, -0.25) is 9.59 Å². The highest BCUT2D eigenvalue weighted by molar-refractivity contribution is 5.79. The number of amides is 1. The summed E-state index contributed by atoms with van der Waals surface area (Å²) in [5.41, 5.74) is 2.38. The topological polar surface area (TPSA) is 57.6 Å². The van der Waals surface area contributed by atoms with Gasteiger partial charge in [0.2, 0.25) is 5.91 Å². The predicted octanol–water partition coefficient (Wildman–Crippen LogP) is 2.50. The molecule has 1 atom stereocenters. The van der Waals surface area contributed by atoms with Crippen LogP contribution in [-0.4, -0.2) is 35.0 Å². The second kappa shape index (κ2) is 6.74. The van der Waals surface area contributed by atoms with E-state index in [-0.39, 0.29) is 17.7 Å². The van der Waals surface area contributed by atoms with Crippen LogP contribution in [0.25, 0.3) is 0 Å². The maximum absolute atomic E-state index is 12.4. The summed E-state index contributed by atoms with van der Waals surface area (Å²) in [6.45, 7) is 5.12. The van der Waals surface area contributed by atoms with Crippen LogP contribution in [0.2, 0.25) is 0 Å². The van der Waals surface area contributed by atoms with E-state index in [1.54, 1.807) is 0 Å². The Kier molecular flexibility index (Phi) is 4.99. The van der Waals surface area contributed by atoms with Gasteiger partial charge in [0, 0.05) is 19.0 Å². The smallest absolute Gasteiger partial charge is 0.306 e. The molecule has 1 saturated heterocycles. The second-order valence-electron chi connectivity index (χ2n) is 6.03. The van der Waals surface area contributed by atoms with Gasteiger partial charge in [0.1, 0.15) is 0 Å². The van der Waals surface area contributed by atoms with E-state index in [2.05, 4.69) is 24.3 Å². The lowest BCUT2D eigenvalue weighted by Gasteiger charge is -2.32. The molecule has 0 aromatic heterocycles. The summed E-state index contributed by atoms with van der Waals surface area (Å²) in [7, 11) is 0. The van der Waals surface area contributed by atoms with Gasteiger partial charge < -0.3 is 10.0 Å². The minimum Gasteiger partial charge on any atom is -0.481 e. The first-order chi connectivity index (χ1) is 9.97. The monoisotopic (exact) mass is 289 g/mol. The number of carbonyl (C=O) groups excluding carboxylic acids is 1. The van der Waals surface area contributed by atoms with Crippen molar-refractivity contribution in [3.05, 3.63) is 35.4 Å². The van der Waals surface area contributed by atoms with E-state index in [4.69, 9.17) is 5.11 Å². The Labute approximate surface area is 125 Å². The van der Waals surface area contributed by atoms with Gasteiger partial charge in [0.25, 0.3) is 0 Å². The summed E-state index contributed by atoms with van der Waals surface area (Å²) in [5, 5.41) is 8.99. The zero-order valence-corrected chi connectivity index (χ0v) is 12.7. The number of likely N-dealkylation sites (tertiary alicyclic amines) is 1. The first-order valence-electron chi connectivity index (χ1n) is 7.54. The summed E-state index contributed by atoms with van der Waals surface area (Å²) >= 11 is 0. The lowest BCUT2D eigenvalue weighted by molar-refractivity contribution is -0.146. The van der Waals surface area contributed by atoms with Crippen LogP contribution in [0, 0.1) is 18.8 Å². The fourth-order valence-electron chi connectivity index (χ4n) is 2.82. The molecule has 21 heavy (non-hydrogen) atoms. The summed E-state index contributed by atoms with van der Waals surface area (Å²) in [6.07, 6.45) is 1.87. The highest BCUT2D eigenvalue weighted by Crippen LogP contribution is 2.20. The van der Waals surface area contributed by atoms with E-state index < -0.39 is 5.97 Å². The molecular weight excluding hydrogens is 266 g/mol. The third-order valence-corrected chi connectivity index (χ3v) is 4.24. The van der Waals surface area contributed by atoms with E-state index >= 15 is 0 Å². The molecule has 1 fully saturated rings. The van der Waals surface area contributed by atoms with E-state index in [1.807, 2.05) is 18.7 Å². The van der Waals surface area contributed by atoms with Crippen LogP contribution in [0.1, 0.15) is 30.9 Å². The molecule has 1 aromatic carbocycles. The van der Waals surface area contributed by atoms with Crippen molar-refractivity contribution >= 4 is 11.9 Å². The summed E-state index contributed by atoms with van der Waals surface area (Å²) in [6, 6.07) is 8.25. The molecule has 1 aliphatic rings. The van der Waals surface area contributed by atoms with Crippen LogP contribution in [0.3, 0.4) is 0 Å². The SMILES string of the molecule is Cc1ccc(CC(C)C(=O)N2CCC(C(=O)O)CC2)cc1. The molecule has 2 rings (SSSR count). The normalized spacial score (nSPS) is 17.5. The van der Waals surface area contributed by atoms with E-state index in [9.17, 15) is 9.59 Å². The Morgan fingerprint density at radius 1 is 1.24 bits per heavy atom. The van der Waals surface area contributed by atoms with Crippen molar-refractivity contribution in [3.8, 4) is 0 Å². The molecule has 0 saturated carbocycles. The highest BCUT2D eigenvalue weighted by Gasteiger charge is 2.28. The third-order valence-electron chi connectivity index (χ3n) is 4.24. The minimum absolute atomic E-state index is 0.0610.